The second-order valence-corrected chi connectivity index (χ2v) is 3.42. The van der Waals surface area contributed by atoms with E-state index in [0.717, 1.165) is 16.9 Å². The van der Waals surface area contributed by atoms with Crippen molar-refractivity contribution in [3.05, 3.63) is 60.7 Å². The first-order valence-corrected chi connectivity index (χ1v) is 5.04. The van der Waals surface area contributed by atoms with Crippen LogP contribution in [-0.2, 0) is 0 Å². The normalized spacial score (nSPS) is 10.9. The molecular formula is C14H16O2. The average molecular weight is 216 g/mol. The molecule has 0 amide bonds. The first-order chi connectivity index (χ1) is 7.67. The summed E-state index contributed by atoms with van der Waals surface area (Å²) in [7, 11) is 0. The van der Waals surface area contributed by atoms with Crippen LogP contribution in [0.1, 0.15) is 5.56 Å². The van der Waals surface area contributed by atoms with E-state index in [0.29, 0.717) is 6.61 Å². The van der Waals surface area contributed by atoms with Crippen LogP contribution in [0.2, 0.25) is 0 Å². The van der Waals surface area contributed by atoms with E-state index in [1.54, 1.807) is 30.4 Å². The third kappa shape index (κ3) is 3.31. The molecule has 84 valence electrons. The van der Waals surface area contributed by atoms with Gasteiger partial charge in [-0.15, -0.1) is 0 Å². The molecule has 0 unspecified atom stereocenters. The van der Waals surface area contributed by atoms with Crippen LogP contribution >= 0.6 is 0 Å². The van der Waals surface area contributed by atoms with Gasteiger partial charge in [-0.25, -0.2) is 0 Å². The molecule has 0 heterocycles. The number of allylic oxidation sites excluding steroid dienone is 2. The van der Waals surface area contributed by atoms with Gasteiger partial charge in [0.1, 0.15) is 18.1 Å². The predicted molar refractivity (Wildman–Crippen MR) is 66.8 cm³/mol. The van der Waals surface area contributed by atoms with E-state index in [2.05, 4.69) is 13.2 Å². The smallest absolute Gasteiger partial charge is 0.120 e. The van der Waals surface area contributed by atoms with Crippen LogP contribution in [0.3, 0.4) is 0 Å². The van der Waals surface area contributed by atoms with Crippen molar-refractivity contribution in [3.8, 4) is 11.5 Å². The summed E-state index contributed by atoms with van der Waals surface area (Å²) in [5.74, 6) is 1.00. The topological polar surface area (TPSA) is 29.5 Å². The Balaban J connectivity index is 2.67. The number of hydrogen-bond acceptors (Lipinski definition) is 2. The maximum atomic E-state index is 9.36. The third-order valence-electron chi connectivity index (χ3n) is 2.17. The highest BCUT2D eigenvalue weighted by Gasteiger charge is 1.99. The molecule has 0 saturated carbocycles. The Bertz CT molecular complexity index is 417. The quantitative estimate of drug-likeness (QED) is 0.764. The zero-order chi connectivity index (χ0) is 12.0. The van der Waals surface area contributed by atoms with Crippen molar-refractivity contribution < 1.29 is 9.84 Å². The number of aromatic hydroxyl groups is 1. The van der Waals surface area contributed by atoms with Crippen LogP contribution in [0.5, 0.6) is 11.5 Å². The van der Waals surface area contributed by atoms with Gasteiger partial charge in [0.25, 0.3) is 0 Å². The standard InChI is InChI=1S/C14H16O2/c1-4-6-12(5-2)10-16-13-7-8-14(15)11(3)9-13/h4-9,15H,1-2,10H2,3H3/b12-6+. The lowest BCUT2D eigenvalue weighted by atomic mass is 10.2. The molecule has 0 aliphatic rings. The number of phenols is 1. The van der Waals surface area contributed by atoms with Crippen LogP contribution in [0, 0.1) is 6.92 Å². The largest absolute Gasteiger partial charge is 0.508 e. The van der Waals surface area contributed by atoms with E-state index < -0.39 is 0 Å². The highest BCUT2D eigenvalue weighted by molar-refractivity contribution is 5.38. The number of rotatable bonds is 5. The van der Waals surface area contributed by atoms with Gasteiger partial charge in [0.05, 0.1) is 0 Å². The van der Waals surface area contributed by atoms with Crippen molar-refractivity contribution in [3.63, 3.8) is 0 Å². The molecule has 2 nitrogen and oxygen atoms in total. The van der Waals surface area contributed by atoms with E-state index in [9.17, 15) is 5.11 Å². The summed E-state index contributed by atoms with van der Waals surface area (Å²) in [5.41, 5.74) is 1.76. The maximum absolute atomic E-state index is 9.36. The Morgan fingerprint density at radius 3 is 2.75 bits per heavy atom. The minimum absolute atomic E-state index is 0.276. The second-order valence-electron chi connectivity index (χ2n) is 3.42. The fourth-order valence-corrected chi connectivity index (χ4v) is 1.21. The Kier molecular flexibility index (Phi) is 4.40. The molecule has 0 spiro atoms. The SMILES string of the molecule is C=C/C=C(\C=C)COc1ccc(O)c(C)c1. The summed E-state index contributed by atoms with van der Waals surface area (Å²) >= 11 is 0. The van der Waals surface area contributed by atoms with Crippen LogP contribution in [0.4, 0.5) is 0 Å². The zero-order valence-electron chi connectivity index (χ0n) is 9.44. The second kappa shape index (κ2) is 5.81. The van der Waals surface area contributed by atoms with Gasteiger partial charge in [-0.2, -0.15) is 0 Å². The third-order valence-corrected chi connectivity index (χ3v) is 2.17. The number of aryl methyl sites for hydroxylation is 1. The van der Waals surface area contributed by atoms with E-state index >= 15 is 0 Å². The van der Waals surface area contributed by atoms with Crippen molar-refractivity contribution in [1.82, 2.24) is 0 Å². The minimum atomic E-state index is 0.276. The molecule has 1 aromatic rings. The van der Waals surface area contributed by atoms with Crippen molar-refractivity contribution in [2.75, 3.05) is 6.61 Å². The molecule has 0 fully saturated rings. The molecule has 1 rings (SSSR count). The minimum Gasteiger partial charge on any atom is -0.508 e. The molecule has 1 aromatic carbocycles. The van der Waals surface area contributed by atoms with E-state index in [1.807, 2.05) is 13.0 Å². The van der Waals surface area contributed by atoms with E-state index in [-0.39, 0.29) is 5.75 Å². The van der Waals surface area contributed by atoms with Crippen molar-refractivity contribution in [2.24, 2.45) is 0 Å². The van der Waals surface area contributed by atoms with Crippen molar-refractivity contribution in [2.45, 2.75) is 6.92 Å². The molecule has 2 heteroatoms. The molecular weight excluding hydrogens is 200 g/mol. The van der Waals surface area contributed by atoms with Crippen LogP contribution in [0.15, 0.2) is 55.2 Å². The van der Waals surface area contributed by atoms with E-state index in [1.165, 1.54) is 0 Å². The van der Waals surface area contributed by atoms with Gasteiger partial charge >= 0.3 is 0 Å². The van der Waals surface area contributed by atoms with Crippen LogP contribution < -0.4 is 4.74 Å². The molecule has 0 saturated heterocycles. The van der Waals surface area contributed by atoms with Crippen LogP contribution in [0.25, 0.3) is 0 Å². The zero-order valence-corrected chi connectivity index (χ0v) is 9.44. The summed E-state index contributed by atoms with van der Waals surface area (Å²) in [5, 5.41) is 9.36. The van der Waals surface area contributed by atoms with Crippen LogP contribution in [-0.4, -0.2) is 11.7 Å². The van der Waals surface area contributed by atoms with Gasteiger partial charge in [-0.1, -0.05) is 31.4 Å². The van der Waals surface area contributed by atoms with Gasteiger partial charge in [0.15, 0.2) is 0 Å². The summed E-state index contributed by atoms with van der Waals surface area (Å²) in [4.78, 5) is 0. The first kappa shape index (κ1) is 12.1. The Morgan fingerprint density at radius 2 is 2.19 bits per heavy atom. The number of benzene rings is 1. The first-order valence-electron chi connectivity index (χ1n) is 5.04. The fraction of sp³-hybridized carbons (Fsp3) is 0.143. The molecule has 0 radical (unpaired) electrons. The predicted octanol–water partition coefficient (Wildman–Crippen LogP) is 3.38. The molecule has 0 bridgehead atoms. The summed E-state index contributed by atoms with van der Waals surface area (Å²) < 4.78 is 5.55. The van der Waals surface area contributed by atoms with Crippen molar-refractivity contribution in [1.29, 1.82) is 0 Å². The van der Waals surface area contributed by atoms with Gasteiger partial charge in [-0.05, 0) is 36.3 Å². The number of phenolic OH excluding ortho intramolecular Hbond substituents is 1. The summed E-state index contributed by atoms with van der Waals surface area (Å²) in [6.07, 6.45) is 5.28. The highest BCUT2D eigenvalue weighted by Crippen LogP contribution is 2.22. The van der Waals surface area contributed by atoms with Gasteiger partial charge in [0, 0.05) is 0 Å². The lowest BCUT2D eigenvalue weighted by molar-refractivity contribution is 0.354. The van der Waals surface area contributed by atoms with Gasteiger partial charge < -0.3 is 9.84 Å². The Morgan fingerprint density at radius 1 is 1.44 bits per heavy atom. The van der Waals surface area contributed by atoms with Gasteiger partial charge in [0.2, 0.25) is 0 Å². The Labute approximate surface area is 96.2 Å². The monoisotopic (exact) mass is 216 g/mol. The Hall–Kier alpha value is -1.96. The number of hydrogen-bond donors (Lipinski definition) is 1. The summed E-state index contributed by atoms with van der Waals surface area (Å²) in [6.45, 7) is 9.58. The van der Waals surface area contributed by atoms with Crippen molar-refractivity contribution >= 4 is 0 Å². The summed E-state index contributed by atoms with van der Waals surface area (Å²) in [6, 6.07) is 5.15. The highest BCUT2D eigenvalue weighted by atomic mass is 16.5. The molecule has 0 aliphatic carbocycles. The van der Waals surface area contributed by atoms with Gasteiger partial charge in [-0.3, -0.25) is 0 Å². The molecule has 0 atom stereocenters. The molecule has 0 aliphatic heterocycles. The molecule has 0 aromatic heterocycles. The lowest BCUT2D eigenvalue weighted by Gasteiger charge is -2.08. The molecule has 1 N–H and O–H groups in total. The fourth-order valence-electron chi connectivity index (χ4n) is 1.21. The molecule has 16 heavy (non-hydrogen) atoms. The average Bonchev–Trinajstić information content (AvgIpc) is 2.28. The van der Waals surface area contributed by atoms with E-state index in [4.69, 9.17) is 4.74 Å². The lowest BCUT2D eigenvalue weighted by Crippen LogP contribution is -1.99. The maximum Gasteiger partial charge on any atom is 0.120 e. The number of ether oxygens (including phenoxy) is 1.